The largest absolute Gasteiger partial charge is 0.335 e. The van der Waals surface area contributed by atoms with Crippen molar-refractivity contribution in [2.45, 2.75) is 32.7 Å². The molecule has 15 heavy (non-hydrogen) atoms. The number of alkyl halides is 1. The molecule has 1 rings (SSSR count). The van der Waals surface area contributed by atoms with Gasteiger partial charge in [-0.15, -0.1) is 11.6 Å². The highest BCUT2D eigenvalue weighted by Gasteiger charge is 2.35. The van der Waals surface area contributed by atoms with Crippen molar-refractivity contribution in [1.29, 1.82) is 0 Å². The van der Waals surface area contributed by atoms with Gasteiger partial charge < -0.3 is 5.32 Å². The lowest BCUT2D eigenvalue weighted by Crippen LogP contribution is -2.53. The fourth-order valence-electron chi connectivity index (χ4n) is 1.70. The van der Waals surface area contributed by atoms with Crippen LogP contribution in [0.25, 0.3) is 0 Å². The standard InChI is InChI=1S/C10H17ClN2O2/c1-6-5-8(7(6)2)12-10(15)13-9(14)3-4-11/h6-8H,3-5H2,1-2H3,(H2,12,13,14,15). The van der Waals surface area contributed by atoms with E-state index in [1.807, 2.05) is 0 Å². The van der Waals surface area contributed by atoms with E-state index in [1.165, 1.54) is 0 Å². The van der Waals surface area contributed by atoms with E-state index in [2.05, 4.69) is 24.5 Å². The van der Waals surface area contributed by atoms with Gasteiger partial charge in [-0.25, -0.2) is 4.79 Å². The quantitative estimate of drug-likeness (QED) is 0.725. The second kappa shape index (κ2) is 5.35. The van der Waals surface area contributed by atoms with E-state index in [9.17, 15) is 9.59 Å². The number of nitrogens with one attached hydrogen (secondary N) is 2. The summed E-state index contributed by atoms with van der Waals surface area (Å²) in [5.41, 5.74) is 0. The topological polar surface area (TPSA) is 58.2 Å². The van der Waals surface area contributed by atoms with Crippen molar-refractivity contribution in [3.05, 3.63) is 0 Å². The van der Waals surface area contributed by atoms with Gasteiger partial charge in [-0.05, 0) is 18.3 Å². The summed E-state index contributed by atoms with van der Waals surface area (Å²) in [6.07, 6.45) is 1.16. The monoisotopic (exact) mass is 232 g/mol. The molecule has 86 valence electrons. The third-order valence-corrected chi connectivity index (χ3v) is 3.24. The number of rotatable bonds is 3. The van der Waals surface area contributed by atoms with Crippen LogP contribution < -0.4 is 10.6 Å². The number of hydrogen-bond acceptors (Lipinski definition) is 2. The zero-order valence-electron chi connectivity index (χ0n) is 9.05. The van der Waals surface area contributed by atoms with Crippen LogP contribution >= 0.6 is 11.6 Å². The van der Waals surface area contributed by atoms with Crippen LogP contribution in [0.3, 0.4) is 0 Å². The van der Waals surface area contributed by atoms with Gasteiger partial charge in [0, 0.05) is 18.3 Å². The normalized spacial score (nSPS) is 29.1. The number of carbonyl (C=O) groups is 2. The molecular weight excluding hydrogens is 216 g/mol. The number of imide groups is 1. The van der Waals surface area contributed by atoms with Gasteiger partial charge >= 0.3 is 6.03 Å². The molecule has 2 N–H and O–H groups in total. The van der Waals surface area contributed by atoms with Crippen LogP contribution in [0.5, 0.6) is 0 Å². The van der Waals surface area contributed by atoms with Crippen molar-refractivity contribution in [1.82, 2.24) is 10.6 Å². The van der Waals surface area contributed by atoms with Crippen molar-refractivity contribution >= 4 is 23.5 Å². The highest BCUT2D eigenvalue weighted by Crippen LogP contribution is 2.33. The molecular formula is C10H17ClN2O2. The van der Waals surface area contributed by atoms with E-state index in [-0.39, 0.29) is 24.2 Å². The molecule has 3 amide bonds. The molecule has 0 aliphatic heterocycles. The smallest absolute Gasteiger partial charge is 0.321 e. The lowest BCUT2D eigenvalue weighted by molar-refractivity contribution is -0.119. The minimum atomic E-state index is -0.408. The molecule has 0 aromatic rings. The Balaban J connectivity index is 2.22. The lowest BCUT2D eigenvalue weighted by atomic mass is 9.71. The van der Waals surface area contributed by atoms with Gasteiger partial charge in [-0.3, -0.25) is 10.1 Å². The Hall–Kier alpha value is -0.770. The predicted octanol–water partition coefficient (Wildman–Crippen LogP) is 1.49. The molecule has 0 heterocycles. The van der Waals surface area contributed by atoms with Gasteiger partial charge in [0.1, 0.15) is 0 Å². The molecule has 0 aromatic heterocycles. The van der Waals surface area contributed by atoms with Crippen molar-refractivity contribution in [2.75, 3.05) is 5.88 Å². The first-order valence-corrected chi connectivity index (χ1v) is 5.74. The third-order valence-electron chi connectivity index (χ3n) is 3.05. The molecule has 0 radical (unpaired) electrons. The Bertz CT molecular complexity index is 258. The van der Waals surface area contributed by atoms with Gasteiger partial charge in [0.25, 0.3) is 0 Å². The Morgan fingerprint density at radius 2 is 2.07 bits per heavy atom. The summed E-state index contributed by atoms with van der Waals surface area (Å²) in [6.45, 7) is 4.25. The van der Waals surface area contributed by atoms with E-state index < -0.39 is 6.03 Å². The molecule has 1 aliphatic carbocycles. The van der Waals surface area contributed by atoms with Gasteiger partial charge in [0.2, 0.25) is 5.91 Å². The first kappa shape index (κ1) is 12.3. The van der Waals surface area contributed by atoms with Crippen molar-refractivity contribution in [3.8, 4) is 0 Å². The minimum Gasteiger partial charge on any atom is -0.335 e. The second-order valence-corrected chi connectivity index (χ2v) is 4.52. The van der Waals surface area contributed by atoms with Crippen LogP contribution in [0, 0.1) is 11.8 Å². The highest BCUT2D eigenvalue weighted by molar-refractivity contribution is 6.19. The molecule has 1 fully saturated rings. The van der Waals surface area contributed by atoms with Gasteiger partial charge in [-0.2, -0.15) is 0 Å². The molecule has 4 nitrogen and oxygen atoms in total. The molecule has 3 unspecified atom stereocenters. The summed E-state index contributed by atoms with van der Waals surface area (Å²) >= 11 is 5.37. The summed E-state index contributed by atoms with van der Waals surface area (Å²) in [4.78, 5) is 22.3. The van der Waals surface area contributed by atoms with Crippen LogP contribution in [0.4, 0.5) is 4.79 Å². The van der Waals surface area contributed by atoms with Crippen molar-refractivity contribution in [2.24, 2.45) is 11.8 Å². The average Bonchev–Trinajstić information content (AvgIpc) is 2.17. The van der Waals surface area contributed by atoms with Gasteiger partial charge in [0.15, 0.2) is 0 Å². The number of urea groups is 1. The SMILES string of the molecule is CC1CC(NC(=O)NC(=O)CCCl)C1C. The highest BCUT2D eigenvalue weighted by atomic mass is 35.5. The first-order valence-electron chi connectivity index (χ1n) is 5.21. The summed E-state index contributed by atoms with van der Waals surface area (Å²) in [7, 11) is 0. The van der Waals surface area contributed by atoms with E-state index in [1.54, 1.807) is 0 Å². The summed E-state index contributed by atoms with van der Waals surface area (Å²) in [5.74, 6) is 1.03. The predicted molar refractivity (Wildman–Crippen MR) is 58.7 cm³/mol. The average molecular weight is 233 g/mol. The summed E-state index contributed by atoms with van der Waals surface area (Å²) in [6, 6.07) is -0.210. The maximum Gasteiger partial charge on any atom is 0.321 e. The molecule has 1 aliphatic rings. The fourth-order valence-corrected chi connectivity index (χ4v) is 1.87. The van der Waals surface area contributed by atoms with Crippen LogP contribution in [0.1, 0.15) is 26.7 Å². The summed E-state index contributed by atoms with van der Waals surface area (Å²) < 4.78 is 0. The van der Waals surface area contributed by atoms with Gasteiger partial charge in [-0.1, -0.05) is 13.8 Å². The molecule has 0 aromatic carbocycles. The molecule has 5 heteroatoms. The number of halogens is 1. The van der Waals surface area contributed by atoms with Crippen LogP contribution in [0.15, 0.2) is 0 Å². The van der Waals surface area contributed by atoms with Crippen LogP contribution in [0.2, 0.25) is 0 Å². The Labute approximate surface area is 94.7 Å². The van der Waals surface area contributed by atoms with Crippen molar-refractivity contribution in [3.63, 3.8) is 0 Å². The molecule has 3 atom stereocenters. The first-order chi connectivity index (χ1) is 7.04. The van der Waals surface area contributed by atoms with Crippen LogP contribution in [-0.4, -0.2) is 23.9 Å². The maximum absolute atomic E-state index is 11.3. The molecule has 1 saturated carbocycles. The fraction of sp³-hybridized carbons (Fsp3) is 0.800. The van der Waals surface area contributed by atoms with Crippen LogP contribution in [-0.2, 0) is 4.79 Å². The van der Waals surface area contributed by atoms with E-state index in [0.717, 1.165) is 6.42 Å². The number of hydrogen-bond donors (Lipinski definition) is 2. The Morgan fingerprint density at radius 1 is 1.40 bits per heavy atom. The lowest BCUT2D eigenvalue weighted by Gasteiger charge is -2.40. The Kier molecular flexibility index (Phi) is 4.39. The van der Waals surface area contributed by atoms with E-state index >= 15 is 0 Å². The second-order valence-electron chi connectivity index (χ2n) is 4.14. The Morgan fingerprint density at radius 3 is 2.53 bits per heavy atom. The molecule has 0 bridgehead atoms. The minimum absolute atomic E-state index is 0.172. The van der Waals surface area contributed by atoms with Gasteiger partial charge in [0.05, 0.1) is 0 Å². The van der Waals surface area contributed by atoms with Crippen molar-refractivity contribution < 1.29 is 9.59 Å². The maximum atomic E-state index is 11.3. The summed E-state index contributed by atoms with van der Waals surface area (Å²) in [5, 5.41) is 5.01. The van der Waals surface area contributed by atoms with E-state index in [4.69, 9.17) is 11.6 Å². The zero-order chi connectivity index (χ0) is 11.4. The number of amides is 3. The third kappa shape index (κ3) is 3.38. The number of carbonyl (C=O) groups excluding carboxylic acids is 2. The molecule has 0 saturated heterocycles. The zero-order valence-corrected chi connectivity index (χ0v) is 9.80. The van der Waals surface area contributed by atoms with E-state index in [0.29, 0.717) is 11.8 Å². The molecule has 0 spiro atoms.